The quantitative estimate of drug-likeness (QED) is 0.248. The molecule has 0 N–H and O–H groups in total. The van der Waals surface area contributed by atoms with Crippen molar-refractivity contribution in [2.45, 2.75) is 0 Å². The maximum atomic E-state index is 5.14. The summed E-state index contributed by atoms with van der Waals surface area (Å²) in [5, 5.41) is 9.46. The number of hydrogen-bond acceptors (Lipinski definition) is 4. The molecule has 0 aliphatic rings. The van der Waals surface area contributed by atoms with Gasteiger partial charge in [0, 0.05) is 40.5 Å². The fourth-order valence-electron chi connectivity index (χ4n) is 5.53. The summed E-state index contributed by atoms with van der Waals surface area (Å²) in [4.78, 5) is 18.8. The minimum atomic E-state index is 0.742. The summed E-state index contributed by atoms with van der Waals surface area (Å²) >= 11 is 0. The van der Waals surface area contributed by atoms with Crippen molar-refractivity contribution in [3.63, 3.8) is 0 Å². The molecule has 0 saturated heterocycles. The molecule has 0 unspecified atom stereocenters. The van der Waals surface area contributed by atoms with Crippen LogP contribution in [0.25, 0.3) is 76.8 Å². The van der Waals surface area contributed by atoms with Crippen molar-refractivity contribution in [1.29, 1.82) is 0 Å². The monoisotopic (exact) mass is 458 g/mol. The normalized spacial score (nSPS) is 11.9. The lowest BCUT2D eigenvalue weighted by molar-refractivity contribution is 1.18. The average molecular weight is 459 g/mol. The minimum Gasteiger partial charge on any atom is -0.254 e. The highest BCUT2D eigenvalue weighted by atomic mass is 14.9. The van der Waals surface area contributed by atoms with Gasteiger partial charge in [0.25, 0.3) is 0 Å². The molecule has 4 heteroatoms. The third-order valence-corrected chi connectivity index (χ3v) is 7.18. The molecule has 166 valence electrons. The van der Waals surface area contributed by atoms with E-state index in [0.717, 1.165) is 49.8 Å². The second-order valence-electron chi connectivity index (χ2n) is 9.13. The van der Waals surface area contributed by atoms with Gasteiger partial charge in [-0.3, -0.25) is 4.98 Å². The Morgan fingerprint density at radius 3 is 1.78 bits per heavy atom. The van der Waals surface area contributed by atoms with Crippen LogP contribution in [-0.2, 0) is 0 Å². The zero-order valence-corrected chi connectivity index (χ0v) is 19.2. The van der Waals surface area contributed by atoms with Gasteiger partial charge in [0.2, 0.25) is 0 Å². The van der Waals surface area contributed by atoms with Gasteiger partial charge in [0.05, 0.1) is 16.7 Å². The molecule has 3 heterocycles. The molecule has 0 aliphatic carbocycles. The molecule has 0 bridgehead atoms. The molecule has 0 fully saturated rings. The van der Waals surface area contributed by atoms with E-state index in [-0.39, 0.29) is 0 Å². The lowest BCUT2D eigenvalue weighted by atomic mass is 9.89. The lowest BCUT2D eigenvalue weighted by Crippen LogP contribution is -1.93. The maximum Gasteiger partial charge on any atom is 0.159 e. The van der Waals surface area contributed by atoms with Gasteiger partial charge in [-0.15, -0.1) is 0 Å². The molecule has 3 aromatic heterocycles. The van der Waals surface area contributed by atoms with E-state index in [2.05, 4.69) is 93.8 Å². The van der Waals surface area contributed by atoms with Gasteiger partial charge >= 0.3 is 0 Å². The Balaban J connectivity index is 1.44. The molecular formula is C32H18N4. The van der Waals surface area contributed by atoms with Crippen molar-refractivity contribution in [2.75, 3.05) is 0 Å². The Morgan fingerprint density at radius 2 is 1.00 bits per heavy atom. The Morgan fingerprint density at radius 1 is 0.417 bits per heavy atom. The number of nitrogens with zero attached hydrogens (tertiary/aromatic N) is 4. The van der Waals surface area contributed by atoms with Gasteiger partial charge in [0.15, 0.2) is 5.82 Å². The van der Waals surface area contributed by atoms with Gasteiger partial charge in [-0.05, 0) is 56.6 Å². The first-order valence-corrected chi connectivity index (χ1v) is 12.0. The smallest absolute Gasteiger partial charge is 0.159 e. The Bertz CT molecular complexity index is 2100. The van der Waals surface area contributed by atoms with Crippen molar-refractivity contribution < 1.29 is 0 Å². The van der Waals surface area contributed by atoms with Crippen LogP contribution in [0.3, 0.4) is 0 Å². The van der Waals surface area contributed by atoms with E-state index in [4.69, 9.17) is 4.98 Å². The second kappa shape index (κ2) is 7.27. The predicted molar refractivity (Wildman–Crippen MR) is 147 cm³/mol. The van der Waals surface area contributed by atoms with E-state index in [1.165, 1.54) is 26.9 Å². The zero-order valence-electron chi connectivity index (χ0n) is 19.2. The lowest BCUT2D eigenvalue weighted by Gasteiger charge is -2.16. The van der Waals surface area contributed by atoms with Gasteiger partial charge in [-0.1, -0.05) is 66.7 Å². The summed E-state index contributed by atoms with van der Waals surface area (Å²) in [5.41, 5.74) is 4.98. The number of aromatic nitrogens is 4. The van der Waals surface area contributed by atoms with E-state index >= 15 is 0 Å². The molecule has 8 rings (SSSR count). The first kappa shape index (κ1) is 19.4. The predicted octanol–water partition coefficient (Wildman–Crippen LogP) is 7.80. The van der Waals surface area contributed by atoms with Crippen LogP contribution >= 0.6 is 0 Å². The first-order valence-electron chi connectivity index (χ1n) is 12.0. The van der Waals surface area contributed by atoms with Crippen LogP contribution in [0, 0.1) is 0 Å². The van der Waals surface area contributed by atoms with Crippen LogP contribution < -0.4 is 0 Å². The minimum absolute atomic E-state index is 0.742. The molecule has 0 atom stereocenters. The SMILES string of the molecule is c1cnc(-c2ccc3ccc4c(-c5ccc6ccc7cccnc7c6n5)ccc5ccc2c3c54)nc1. The van der Waals surface area contributed by atoms with Crippen molar-refractivity contribution in [2.24, 2.45) is 0 Å². The van der Waals surface area contributed by atoms with Crippen molar-refractivity contribution in [3.05, 3.63) is 110 Å². The molecule has 4 nitrogen and oxygen atoms in total. The van der Waals surface area contributed by atoms with Crippen molar-refractivity contribution in [1.82, 2.24) is 19.9 Å². The van der Waals surface area contributed by atoms with Gasteiger partial charge < -0.3 is 0 Å². The first-order chi connectivity index (χ1) is 17.8. The summed E-state index contributed by atoms with van der Waals surface area (Å²) in [6.45, 7) is 0. The van der Waals surface area contributed by atoms with Crippen molar-refractivity contribution in [3.8, 4) is 22.6 Å². The summed E-state index contributed by atoms with van der Waals surface area (Å²) in [5.74, 6) is 0.742. The highest BCUT2D eigenvalue weighted by Gasteiger charge is 2.16. The van der Waals surface area contributed by atoms with E-state index in [9.17, 15) is 0 Å². The van der Waals surface area contributed by atoms with Crippen LogP contribution in [0.4, 0.5) is 0 Å². The molecular weight excluding hydrogens is 440 g/mol. The molecule has 5 aromatic carbocycles. The Labute approximate surface area is 206 Å². The fourth-order valence-corrected chi connectivity index (χ4v) is 5.53. The van der Waals surface area contributed by atoms with Crippen molar-refractivity contribution >= 4 is 54.1 Å². The van der Waals surface area contributed by atoms with Gasteiger partial charge in [0.1, 0.15) is 0 Å². The van der Waals surface area contributed by atoms with Crippen LogP contribution in [0.5, 0.6) is 0 Å². The van der Waals surface area contributed by atoms with E-state index in [1.54, 1.807) is 12.4 Å². The van der Waals surface area contributed by atoms with E-state index in [1.807, 2.05) is 18.3 Å². The van der Waals surface area contributed by atoms with E-state index < -0.39 is 0 Å². The highest BCUT2D eigenvalue weighted by Crippen LogP contribution is 2.41. The summed E-state index contributed by atoms with van der Waals surface area (Å²) < 4.78 is 0. The van der Waals surface area contributed by atoms with Crippen LogP contribution in [0.2, 0.25) is 0 Å². The summed E-state index contributed by atoms with van der Waals surface area (Å²) in [6, 6.07) is 31.9. The number of pyridine rings is 2. The Kier molecular flexibility index (Phi) is 3.91. The maximum absolute atomic E-state index is 5.14. The third kappa shape index (κ3) is 2.70. The van der Waals surface area contributed by atoms with Crippen LogP contribution in [0.15, 0.2) is 110 Å². The molecule has 0 saturated carbocycles. The largest absolute Gasteiger partial charge is 0.254 e. The molecule has 0 amide bonds. The average Bonchev–Trinajstić information content (AvgIpc) is 2.96. The van der Waals surface area contributed by atoms with Crippen LogP contribution in [-0.4, -0.2) is 19.9 Å². The van der Waals surface area contributed by atoms with Gasteiger partial charge in [-0.2, -0.15) is 0 Å². The third-order valence-electron chi connectivity index (χ3n) is 7.18. The fraction of sp³-hybridized carbons (Fsp3) is 0. The van der Waals surface area contributed by atoms with E-state index in [0.29, 0.717) is 0 Å². The molecule has 36 heavy (non-hydrogen) atoms. The molecule has 8 aromatic rings. The molecule has 0 radical (unpaired) electrons. The highest BCUT2D eigenvalue weighted by molar-refractivity contribution is 6.27. The standard InChI is InChI=1S/C32H18N4/c1-3-21-4-5-22-10-15-27(36-31(22)30(21)33-16-1)23-11-6-19-8-13-25-26(32-34-17-2-18-35-32)14-9-20-7-12-24(23)28(19)29(20)25/h1-18H. The van der Waals surface area contributed by atoms with Gasteiger partial charge in [-0.25, -0.2) is 15.0 Å². The number of rotatable bonds is 2. The summed E-state index contributed by atoms with van der Waals surface area (Å²) in [7, 11) is 0. The molecule has 0 spiro atoms. The number of fused-ring (bicyclic) bond motifs is 3. The molecule has 0 aliphatic heterocycles. The Hall–Kier alpha value is -4.96. The number of benzene rings is 5. The summed E-state index contributed by atoms with van der Waals surface area (Å²) in [6.07, 6.45) is 5.42. The zero-order chi connectivity index (χ0) is 23.6. The van der Waals surface area contributed by atoms with Crippen LogP contribution in [0.1, 0.15) is 0 Å². The topological polar surface area (TPSA) is 51.6 Å². The number of hydrogen-bond donors (Lipinski definition) is 0. The second-order valence-corrected chi connectivity index (χ2v) is 9.13.